The first-order valence-electron chi connectivity index (χ1n) is 3.30. The van der Waals surface area contributed by atoms with Gasteiger partial charge in [-0.2, -0.15) is 0 Å². The Balaban J connectivity index is 3.61. The highest BCUT2D eigenvalue weighted by molar-refractivity contribution is 5.67. The minimum Gasteiger partial charge on any atom is -0.481 e. The van der Waals surface area contributed by atoms with E-state index in [2.05, 4.69) is 0 Å². The third-order valence-electron chi connectivity index (χ3n) is 1.43. The molecule has 2 unspecified atom stereocenters. The number of rotatable bonds is 4. The Morgan fingerprint density at radius 1 is 1.50 bits per heavy atom. The van der Waals surface area contributed by atoms with E-state index in [4.69, 9.17) is 16.6 Å². The molecule has 0 aromatic rings. The third kappa shape index (κ3) is 3.42. The Bertz CT molecular complexity index is 116. The molecule has 0 saturated carbocycles. The van der Waals surface area contributed by atoms with Crippen molar-refractivity contribution in [1.29, 1.82) is 0 Å². The maximum atomic E-state index is 10.1. The van der Waals surface area contributed by atoms with Gasteiger partial charge in [0.05, 0.1) is 6.42 Å². The molecule has 5 N–H and O–H groups in total. The van der Waals surface area contributed by atoms with E-state index >= 15 is 0 Å². The van der Waals surface area contributed by atoms with Gasteiger partial charge in [0.1, 0.15) is 0 Å². The highest BCUT2D eigenvalue weighted by Crippen LogP contribution is 1.96. The molecule has 60 valence electrons. The van der Waals surface area contributed by atoms with Gasteiger partial charge in [-0.05, 0) is 6.42 Å². The van der Waals surface area contributed by atoms with Gasteiger partial charge in [-0.1, -0.05) is 6.92 Å². The van der Waals surface area contributed by atoms with Crippen molar-refractivity contribution in [1.82, 2.24) is 0 Å². The monoisotopic (exact) mass is 146 g/mol. The summed E-state index contributed by atoms with van der Waals surface area (Å²) in [6.45, 7) is 1.88. The zero-order chi connectivity index (χ0) is 8.15. The lowest BCUT2D eigenvalue weighted by atomic mass is 10.1. The Kier molecular flexibility index (Phi) is 3.99. The molecule has 0 spiro atoms. The number of hydrogen-bond donors (Lipinski definition) is 3. The number of nitrogens with two attached hydrogens (primary N) is 2. The lowest BCUT2D eigenvalue weighted by Crippen LogP contribution is -2.42. The summed E-state index contributed by atoms with van der Waals surface area (Å²) in [5, 5.41) is 8.29. The van der Waals surface area contributed by atoms with Gasteiger partial charge in [-0.25, -0.2) is 0 Å². The SMILES string of the molecule is CCC(N)C(N)CC(=O)O. The number of aliphatic carboxylic acids is 1. The van der Waals surface area contributed by atoms with E-state index in [1.165, 1.54) is 0 Å². The maximum absolute atomic E-state index is 10.1. The average Bonchev–Trinajstić information content (AvgIpc) is 1.85. The van der Waals surface area contributed by atoms with Gasteiger partial charge < -0.3 is 16.6 Å². The molecule has 10 heavy (non-hydrogen) atoms. The molecule has 0 aliphatic carbocycles. The van der Waals surface area contributed by atoms with Gasteiger partial charge in [-0.3, -0.25) is 4.79 Å². The molecule has 0 rings (SSSR count). The number of carbonyl (C=O) groups is 1. The van der Waals surface area contributed by atoms with E-state index in [-0.39, 0.29) is 12.5 Å². The lowest BCUT2D eigenvalue weighted by Gasteiger charge is -2.15. The maximum Gasteiger partial charge on any atom is 0.304 e. The number of carboxylic acids is 1. The fourth-order valence-electron chi connectivity index (χ4n) is 0.656. The lowest BCUT2D eigenvalue weighted by molar-refractivity contribution is -0.137. The first-order chi connectivity index (χ1) is 4.57. The Morgan fingerprint density at radius 2 is 2.00 bits per heavy atom. The van der Waals surface area contributed by atoms with Crippen molar-refractivity contribution < 1.29 is 9.90 Å². The van der Waals surface area contributed by atoms with Crippen LogP contribution in [0.3, 0.4) is 0 Å². The predicted molar refractivity (Wildman–Crippen MR) is 38.5 cm³/mol. The summed E-state index contributed by atoms with van der Waals surface area (Å²) in [7, 11) is 0. The highest BCUT2D eigenvalue weighted by atomic mass is 16.4. The van der Waals surface area contributed by atoms with Crippen LogP contribution in [0.5, 0.6) is 0 Å². The van der Waals surface area contributed by atoms with Crippen LogP contribution in [-0.4, -0.2) is 23.2 Å². The van der Waals surface area contributed by atoms with Crippen molar-refractivity contribution in [3.05, 3.63) is 0 Å². The van der Waals surface area contributed by atoms with Crippen molar-refractivity contribution in [3.8, 4) is 0 Å². The van der Waals surface area contributed by atoms with Crippen molar-refractivity contribution in [2.24, 2.45) is 11.5 Å². The quantitative estimate of drug-likeness (QED) is 0.500. The van der Waals surface area contributed by atoms with Crippen molar-refractivity contribution >= 4 is 5.97 Å². The second-order valence-corrected chi connectivity index (χ2v) is 2.33. The molecule has 0 aromatic carbocycles. The average molecular weight is 146 g/mol. The molecule has 0 bridgehead atoms. The van der Waals surface area contributed by atoms with Gasteiger partial charge in [0.25, 0.3) is 0 Å². The Morgan fingerprint density at radius 3 is 2.30 bits per heavy atom. The summed E-state index contributed by atoms with van der Waals surface area (Å²) in [6.07, 6.45) is 0.670. The van der Waals surface area contributed by atoms with Crippen molar-refractivity contribution in [2.45, 2.75) is 31.8 Å². The molecule has 0 aliphatic heterocycles. The zero-order valence-corrected chi connectivity index (χ0v) is 6.08. The van der Waals surface area contributed by atoms with E-state index in [1.807, 2.05) is 6.92 Å². The summed E-state index contributed by atoms with van der Waals surface area (Å²) in [6, 6.07) is -0.612. The largest absolute Gasteiger partial charge is 0.481 e. The summed E-state index contributed by atoms with van der Waals surface area (Å²) in [5.74, 6) is -0.892. The fraction of sp³-hybridized carbons (Fsp3) is 0.833. The van der Waals surface area contributed by atoms with Gasteiger partial charge in [0.2, 0.25) is 0 Å². The fourth-order valence-corrected chi connectivity index (χ4v) is 0.656. The van der Waals surface area contributed by atoms with Crippen LogP contribution in [0.4, 0.5) is 0 Å². The summed E-state index contributed by atoms with van der Waals surface area (Å²) in [5.41, 5.74) is 10.9. The van der Waals surface area contributed by atoms with E-state index < -0.39 is 12.0 Å². The second kappa shape index (κ2) is 4.24. The zero-order valence-electron chi connectivity index (χ0n) is 6.08. The predicted octanol–water partition coefficient (Wildman–Crippen LogP) is -0.474. The molecule has 0 heterocycles. The second-order valence-electron chi connectivity index (χ2n) is 2.33. The molecular formula is C6H14N2O2. The van der Waals surface area contributed by atoms with E-state index in [1.54, 1.807) is 0 Å². The molecule has 2 atom stereocenters. The van der Waals surface area contributed by atoms with Gasteiger partial charge in [0.15, 0.2) is 0 Å². The van der Waals surface area contributed by atoms with Crippen LogP contribution in [0.15, 0.2) is 0 Å². The van der Waals surface area contributed by atoms with E-state index in [9.17, 15) is 4.79 Å². The van der Waals surface area contributed by atoms with Crippen LogP contribution in [0.1, 0.15) is 19.8 Å². The first-order valence-corrected chi connectivity index (χ1v) is 3.30. The van der Waals surface area contributed by atoms with Crippen LogP contribution in [0.25, 0.3) is 0 Å². The van der Waals surface area contributed by atoms with Crippen molar-refractivity contribution in [3.63, 3.8) is 0 Å². The van der Waals surface area contributed by atoms with Gasteiger partial charge in [-0.15, -0.1) is 0 Å². The van der Waals surface area contributed by atoms with E-state index in [0.717, 1.165) is 0 Å². The Labute approximate surface area is 60.2 Å². The molecule has 0 fully saturated rings. The van der Waals surface area contributed by atoms with Crippen molar-refractivity contribution in [2.75, 3.05) is 0 Å². The minimum atomic E-state index is -0.892. The van der Waals surface area contributed by atoms with Crippen LogP contribution in [-0.2, 0) is 4.79 Å². The van der Waals surface area contributed by atoms with Crippen LogP contribution < -0.4 is 11.5 Å². The summed E-state index contributed by atoms with van der Waals surface area (Å²) >= 11 is 0. The summed E-state index contributed by atoms with van der Waals surface area (Å²) < 4.78 is 0. The van der Waals surface area contributed by atoms with E-state index in [0.29, 0.717) is 6.42 Å². The van der Waals surface area contributed by atoms with Crippen LogP contribution in [0, 0.1) is 0 Å². The minimum absolute atomic E-state index is 0.0466. The topological polar surface area (TPSA) is 89.3 Å². The molecule has 0 amide bonds. The highest BCUT2D eigenvalue weighted by Gasteiger charge is 2.13. The molecule has 0 aliphatic rings. The number of hydrogen-bond acceptors (Lipinski definition) is 3. The normalized spacial score (nSPS) is 16.3. The van der Waals surface area contributed by atoms with Crippen LogP contribution in [0.2, 0.25) is 0 Å². The van der Waals surface area contributed by atoms with Gasteiger partial charge >= 0.3 is 5.97 Å². The standard InChI is InChI=1S/C6H14N2O2/c1-2-4(7)5(8)3-6(9)10/h4-5H,2-3,7-8H2,1H3,(H,9,10). The number of carboxylic acid groups (broad SMARTS) is 1. The van der Waals surface area contributed by atoms with Gasteiger partial charge in [0, 0.05) is 12.1 Å². The molecular weight excluding hydrogens is 132 g/mol. The molecule has 4 heteroatoms. The third-order valence-corrected chi connectivity index (χ3v) is 1.43. The smallest absolute Gasteiger partial charge is 0.304 e. The molecule has 4 nitrogen and oxygen atoms in total. The first kappa shape index (κ1) is 9.39. The molecule has 0 radical (unpaired) electrons. The van der Waals surface area contributed by atoms with Crippen LogP contribution >= 0.6 is 0 Å². The Hall–Kier alpha value is -0.610. The summed E-state index contributed by atoms with van der Waals surface area (Å²) in [4.78, 5) is 10.1. The molecule has 0 aromatic heterocycles. The molecule has 0 saturated heterocycles.